The maximum absolute atomic E-state index is 11.0. The van der Waals surface area contributed by atoms with Crippen LogP contribution in [0.15, 0.2) is 12.5 Å². The zero-order valence-corrected chi connectivity index (χ0v) is 7.99. The molecule has 0 aromatic carbocycles. The van der Waals surface area contributed by atoms with Crippen molar-refractivity contribution in [3.05, 3.63) is 18.2 Å². The zero-order chi connectivity index (χ0) is 9.68. The molecule has 0 N–H and O–H groups in total. The molecule has 0 aliphatic rings. The quantitative estimate of drug-likeness (QED) is 0.650. The third-order valence-electron chi connectivity index (χ3n) is 1.81. The van der Waals surface area contributed by atoms with Crippen LogP contribution in [-0.2, 0) is 23.0 Å². The van der Waals surface area contributed by atoms with Crippen LogP contribution in [-0.4, -0.2) is 22.1 Å². The van der Waals surface area contributed by atoms with E-state index in [1.54, 1.807) is 12.5 Å². The molecular formula is C9H14N2O2. The van der Waals surface area contributed by atoms with E-state index in [0.717, 1.165) is 5.69 Å². The molecule has 0 amide bonds. The lowest BCUT2D eigenvalue weighted by Gasteiger charge is -2.01. The average Bonchev–Trinajstić information content (AvgIpc) is 2.48. The number of ether oxygens (including phenoxy) is 1. The molecule has 1 aromatic rings. The second-order valence-electron chi connectivity index (χ2n) is 2.80. The van der Waals surface area contributed by atoms with Crippen molar-refractivity contribution in [1.82, 2.24) is 9.55 Å². The summed E-state index contributed by atoms with van der Waals surface area (Å²) < 4.78 is 6.71. The molecule has 0 bridgehead atoms. The zero-order valence-electron chi connectivity index (χ0n) is 7.99. The molecular weight excluding hydrogens is 168 g/mol. The molecule has 0 atom stereocenters. The lowest BCUT2D eigenvalue weighted by Crippen LogP contribution is -2.06. The van der Waals surface area contributed by atoms with Gasteiger partial charge in [-0.05, 0) is 13.3 Å². The van der Waals surface area contributed by atoms with Gasteiger partial charge >= 0.3 is 5.97 Å². The van der Waals surface area contributed by atoms with Crippen LogP contribution < -0.4 is 0 Å². The molecule has 0 saturated carbocycles. The first-order valence-corrected chi connectivity index (χ1v) is 4.35. The van der Waals surface area contributed by atoms with Crippen molar-refractivity contribution in [3.8, 4) is 0 Å². The Hall–Kier alpha value is -1.32. The van der Waals surface area contributed by atoms with Crippen molar-refractivity contribution >= 4 is 5.97 Å². The van der Waals surface area contributed by atoms with Crippen molar-refractivity contribution in [3.63, 3.8) is 0 Å². The van der Waals surface area contributed by atoms with Gasteiger partial charge in [0.15, 0.2) is 0 Å². The molecule has 4 nitrogen and oxygen atoms in total. The maximum atomic E-state index is 11.0. The summed E-state index contributed by atoms with van der Waals surface area (Å²) in [7, 11) is 1.91. The first-order valence-electron chi connectivity index (χ1n) is 4.35. The van der Waals surface area contributed by atoms with Crippen molar-refractivity contribution in [2.45, 2.75) is 19.8 Å². The Labute approximate surface area is 77.5 Å². The largest absolute Gasteiger partial charge is 0.466 e. The Kier molecular flexibility index (Phi) is 3.49. The standard InChI is InChI=1S/C9H14N2O2/c1-3-13-9(12)5-4-8-6-10-7-11(8)2/h6-7H,3-5H2,1-2H3. The number of nitrogens with zero attached hydrogens (tertiary/aromatic N) is 2. The normalized spacial score (nSPS) is 10.0. The van der Waals surface area contributed by atoms with Crippen LogP contribution >= 0.6 is 0 Å². The Morgan fingerprint density at radius 3 is 3.00 bits per heavy atom. The summed E-state index contributed by atoms with van der Waals surface area (Å²) >= 11 is 0. The number of esters is 1. The van der Waals surface area contributed by atoms with E-state index < -0.39 is 0 Å². The summed E-state index contributed by atoms with van der Waals surface area (Å²) in [6.07, 6.45) is 4.60. The van der Waals surface area contributed by atoms with Crippen molar-refractivity contribution in [2.24, 2.45) is 7.05 Å². The lowest BCUT2D eigenvalue weighted by molar-refractivity contribution is -0.143. The van der Waals surface area contributed by atoms with Crippen molar-refractivity contribution in [2.75, 3.05) is 6.61 Å². The van der Waals surface area contributed by atoms with E-state index in [1.807, 2.05) is 18.5 Å². The molecule has 1 rings (SSSR count). The lowest BCUT2D eigenvalue weighted by atomic mass is 10.2. The summed E-state index contributed by atoms with van der Waals surface area (Å²) in [5.41, 5.74) is 1.05. The van der Waals surface area contributed by atoms with Gasteiger partial charge in [-0.25, -0.2) is 4.98 Å². The third kappa shape index (κ3) is 2.89. The molecule has 0 radical (unpaired) electrons. The summed E-state index contributed by atoms with van der Waals surface area (Å²) in [5, 5.41) is 0. The highest BCUT2D eigenvalue weighted by atomic mass is 16.5. The highest BCUT2D eigenvalue weighted by molar-refractivity contribution is 5.69. The summed E-state index contributed by atoms with van der Waals surface area (Å²) in [6, 6.07) is 0. The van der Waals surface area contributed by atoms with Crippen LogP contribution in [0, 0.1) is 0 Å². The fourth-order valence-corrected chi connectivity index (χ4v) is 1.09. The van der Waals surface area contributed by atoms with Gasteiger partial charge in [0.25, 0.3) is 0 Å². The molecule has 0 spiro atoms. The van der Waals surface area contributed by atoms with Gasteiger partial charge in [0, 0.05) is 18.9 Å². The van der Waals surface area contributed by atoms with Crippen LogP contribution in [0.1, 0.15) is 19.0 Å². The number of carbonyl (C=O) groups excluding carboxylic acids is 1. The minimum atomic E-state index is -0.149. The fourth-order valence-electron chi connectivity index (χ4n) is 1.09. The number of aromatic nitrogens is 2. The summed E-state index contributed by atoms with van der Waals surface area (Å²) in [4.78, 5) is 15.0. The molecule has 0 unspecified atom stereocenters. The Morgan fingerprint density at radius 1 is 1.69 bits per heavy atom. The Morgan fingerprint density at radius 2 is 2.46 bits per heavy atom. The number of carbonyl (C=O) groups is 1. The highest BCUT2D eigenvalue weighted by Crippen LogP contribution is 2.01. The summed E-state index contributed by atoms with van der Waals surface area (Å²) in [5.74, 6) is -0.149. The number of hydrogen-bond acceptors (Lipinski definition) is 3. The van der Waals surface area contributed by atoms with Gasteiger partial charge in [0.05, 0.1) is 19.4 Å². The topological polar surface area (TPSA) is 44.1 Å². The van der Waals surface area contributed by atoms with Gasteiger partial charge in [0.1, 0.15) is 0 Å². The van der Waals surface area contributed by atoms with Crippen LogP contribution in [0.5, 0.6) is 0 Å². The van der Waals surface area contributed by atoms with Gasteiger partial charge in [0.2, 0.25) is 0 Å². The molecule has 0 aliphatic carbocycles. The number of imidazole rings is 1. The van der Waals surface area contributed by atoms with E-state index in [9.17, 15) is 4.79 Å². The molecule has 0 fully saturated rings. The van der Waals surface area contributed by atoms with Crippen LogP contribution in [0.2, 0.25) is 0 Å². The molecule has 72 valence electrons. The van der Waals surface area contributed by atoms with E-state index >= 15 is 0 Å². The van der Waals surface area contributed by atoms with E-state index in [2.05, 4.69) is 4.98 Å². The third-order valence-corrected chi connectivity index (χ3v) is 1.81. The van der Waals surface area contributed by atoms with Crippen LogP contribution in [0.25, 0.3) is 0 Å². The van der Waals surface area contributed by atoms with Gasteiger partial charge < -0.3 is 9.30 Å². The Bertz CT molecular complexity index is 281. The number of hydrogen-bond donors (Lipinski definition) is 0. The van der Waals surface area contributed by atoms with Gasteiger partial charge in [-0.15, -0.1) is 0 Å². The first kappa shape index (κ1) is 9.77. The predicted octanol–water partition coefficient (Wildman–Crippen LogP) is 0.916. The second kappa shape index (κ2) is 4.64. The minimum Gasteiger partial charge on any atom is -0.466 e. The van der Waals surface area contributed by atoms with Gasteiger partial charge in [-0.1, -0.05) is 0 Å². The van der Waals surface area contributed by atoms with Crippen LogP contribution in [0.4, 0.5) is 0 Å². The van der Waals surface area contributed by atoms with Crippen molar-refractivity contribution < 1.29 is 9.53 Å². The van der Waals surface area contributed by atoms with Crippen molar-refractivity contribution in [1.29, 1.82) is 0 Å². The monoisotopic (exact) mass is 182 g/mol. The second-order valence-corrected chi connectivity index (χ2v) is 2.80. The molecule has 0 saturated heterocycles. The number of rotatable bonds is 4. The van der Waals surface area contributed by atoms with E-state index in [4.69, 9.17) is 4.74 Å². The molecule has 13 heavy (non-hydrogen) atoms. The first-order chi connectivity index (χ1) is 6.24. The highest BCUT2D eigenvalue weighted by Gasteiger charge is 2.04. The summed E-state index contributed by atoms with van der Waals surface area (Å²) in [6.45, 7) is 2.26. The average molecular weight is 182 g/mol. The van der Waals surface area contributed by atoms with Gasteiger partial charge in [-0.2, -0.15) is 0 Å². The molecule has 1 aromatic heterocycles. The molecule has 0 aliphatic heterocycles. The SMILES string of the molecule is CCOC(=O)CCc1cncn1C. The van der Waals surface area contributed by atoms with E-state index in [1.165, 1.54) is 0 Å². The Balaban J connectivity index is 2.35. The van der Waals surface area contributed by atoms with Crippen LogP contribution in [0.3, 0.4) is 0 Å². The van der Waals surface area contributed by atoms with Gasteiger partial charge in [-0.3, -0.25) is 4.79 Å². The number of aryl methyl sites for hydroxylation is 2. The molecule has 1 heterocycles. The fraction of sp³-hybridized carbons (Fsp3) is 0.556. The predicted molar refractivity (Wildman–Crippen MR) is 48.2 cm³/mol. The smallest absolute Gasteiger partial charge is 0.306 e. The maximum Gasteiger partial charge on any atom is 0.306 e. The van der Waals surface area contributed by atoms with E-state index in [0.29, 0.717) is 19.4 Å². The molecule has 4 heteroatoms. The van der Waals surface area contributed by atoms with E-state index in [-0.39, 0.29) is 5.97 Å². The minimum absolute atomic E-state index is 0.149.